The van der Waals surface area contributed by atoms with Gasteiger partial charge in [0.15, 0.2) is 0 Å². The van der Waals surface area contributed by atoms with Gasteiger partial charge in [-0.25, -0.2) is 8.78 Å². The van der Waals surface area contributed by atoms with Crippen LogP contribution in [0.15, 0.2) is 12.1 Å². The third kappa shape index (κ3) is 4.01. The van der Waals surface area contributed by atoms with Gasteiger partial charge in [0.2, 0.25) is 0 Å². The molecule has 1 aliphatic rings. The maximum atomic E-state index is 13.9. The molecule has 0 radical (unpaired) electrons. The van der Waals surface area contributed by atoms with Crippen LogP contribution in [0.5, 0.6) is 0 Å². The van der Waals surface area contributed by atoms with Crippen molar-refractivity contribution in [3.63, 3.8) is 0 Å². The first-order chi connectivity index (χ1) is 10.0. The fourth-order valence-corrected chi connectivity index (χ4v) is 3.23. The summed E-state index contributed by atoms with van der Waals surface area (Å²) in [5.41, 5.74) is 0.700. The van der Waals surface area contributed by atoms with E-state index in [1.54, 1.807) is 6.92 Å². The van der Waals surface area contributed by atoms with E-state index in [1.807, 2.05) is 6.92 Å². The van der Waals surface area contributed by atoms with Crippen LogP contribution >= 0.6 is 0 Å². The van der Waals surface area contributed by atoms with Crippen molar-refractivity contribution in [3.05, 3.63) is 34.9 Å². The number of nitrogens with one attached hydrogen (secondary N) is 1. The normalized spacial score (nSPS) is 24.0. The molecule has 0 heterocycles. The molecule has 0 amide bonds. The Balaban J connectivity index is 1.98. The predicted molar refractivity (Wildman–Crippen MR) is 80.0 cm³/mol. The lowest BCUT2D eigenvalue weighted by Crippen LogP contribution is -2.33. The number of benzene rings is 1. The van der Waals surface area contributed by atoms with Gasteiger partial charge in [-0.05, 0) is 62.8 Å². The summed E-state index contributed by atoms with van der Waals surface area (Å²) in [5.74, 6) is 0.0183. The zero-order valence-electron chi connectivity index (χ0n) is 12.8. The van der Waals surface area contributed by atoms with Crippen molar-refractivity contribution in [2.75, 3.05) is 13.2 Å². The van der Waals surface area contributed by atoms with Crippen molar-refractivity contribution < 1.29 is 13.9 Å². The van der Waals surface area contributed by atoms with Crippen LogP contribution in [-0.2, 0) is 0 Å². The van der Waals surface area contributed by atoms with Crippen LogP contribution < -0.4 is 5.32 Å². The van der Waals surface area contributed by atoms with Gasteiger partial charge < -0.3 is 10.4 Å². The first-order valence-electron chi connectivity index (χ1n) is 7.82. The molecule has 0 spiro atoms. The van der Waals surface area contributed by atoms with Crippen LogP contribution in [0.1, 0.15) is 49.8 Å². The average Bonchev–Trinajstić information content (AvgIpc) is 2.48. The molecule has 4 heteroatoms. The number of aliphatic hydroxyl groups is 1. The highest BCUT2D eigenvalue weighted by Gasteiger charge is 2.25. The molecule has 1 aliphatic carbocycles. The van der Waals surface area contributed by atoms with Crippen LogP contribution in [0.25, 0.3) is 0 Å². The molecule has 2 N–H and O–H groups in total. The summed E-state index contributed by atoms with van der Waals surface area (Å²) in [7, 11) is 0. The molecule has 118 valence electrons. The van der Waals surface area contributed by atoms with Crippen molar-refractivity contribution in [1.29, 1.82) is 0 Å². The first-order valence-corrected chi connectivity index (χ1v) is 7.82. The minimum absolute atomic E-state index is 0.217. The van der Waals surface area contributed by atoms with Crippen LogP contribution in [0, 0.1) is 30.4 Å². The lowest BCUT2D eigenvalue weighted by Gasteiger charge is -2.31. The number of aliphatic hydroxyl groups excluding tert-OH is 1. The zero-order chi connectivity index (χ0) is 15.4. The van der Waals surface area contributed by atoms with E-state index in [1.165, 1.54) is 25.0 Å². The highest BCUT2D eigenvalue weighted by Crippen LogP contribution is 2.30. The quantitative estimate of drug-likeness (QED) is 0.868. The lowest BCUT2D eigenvalue weighted by atomic mass is 9.79. The van der Waals surface area contributed by atoms with Gasteiger partial charge in [-0.15, -0.1) is 0 Å². The molecule has 0 saturated heterocycles. The molecule has 21 heavy (non-hydrogen) atoms. The van der Waals surface area contributed by atoms with E-state index in [2.05, 4.69) is 5.32 Å². The van der Waals surface area contributed by atoms with Gasteiger partial charge in [-0.2, -0.15) is 0 Å². The summed E-state index contributed by atoms with van der Waals surface area (Å²) in [4.78, 5) is 0. The minimum Gasteiger partial charge on any atom is -0.396 e. The zero-order valence-corrected chi connectivity index (χ0v) is 12.8. The highest BCUT2D eigenvalue weighted by atomic mass is 19.1. The minimum atomic E-state index is -0.369. The van der Waals surface area contributed by atoms with Crippen LogP contribution in [-0.4, -0.2) is 18.3 Å². The van der Waals surface area contributed by atoms with Gasteiger partial charge in [-0.1, -0.05) is 12.8 Å². The maximum absolute atomic E-state index is 13.9. The van der Waals surface area contributed by atoms with Crippen molar-refractivity contribution in [1.82, 2.24) is 5.32 Å². The van der Waals surface area contributed by atoms with Gasteiger partial charge in [-0.3, -0.25) is 0 Å². The molecule has 1 aromatic rings. The van der Waals surface area contributed by atoms with Crippen LogP contribution in [0.3, 0.4) is 0 Å². The first kappa shape index (κ1) is 16.4. The molecule has 0 bridgehead atoms. The second-order valence-corrected chi connectivity index (χ2v) is 6.24. The predicted octanol–water partition coefficient (Wildman–Crippen LogP) is 3.72. The van der Waals surface area contributed by atoms with E-state index in [4.69, 9.17) is 0 Å². The largest absolute Gasteiger partial charge is 0.396 e. The molecule has 1 aromatic carbocycles. The second kappa shape index (κ2) is 7.32. The third-order valence-corrected chi connectivity index (χ3v) is 4.73. The van der Waals surface area contributed by atoms with E-state index in [0.29, 0.717) is 23.0 Å². The lowest BCUT2D eigenvalue weighted by molar-refractivity contribution is 0.131. The molecule has 2 rings (SSSR count). The maximum Gasteiger partial charge on any atom is 0.128 e. The van der Waals surface area contributed by atoms with Crippen molar-refractivity contribution in [3.8, 4) is 0 Å². The second-order valence-electron chi connectivity index (χ2n) is 6.24. The number of aryl methyl sites for hydroxylation is 1. The number of hydrogen-bond acceptors (Lipinski definition) is 2. The Bertz CT molecular complexity index is 478. The Kier molecular flexibility index (Phi) is 5.71. The summed E-state index contributed by atoms with van der Waals surface area (Å²) >= 11 is 0. The monoisotopic (exact) mass is 297 g/mol. The summed E-state index contributed by atoms with van der Waals surface area (Å²) < 4.78 is 27.5. The SMILES string of the molecule is Cc1cc(F)c(C(C)NCC2CCCCC2CO)cc1F. The molecular weight excluding hydrogens is 272 g/mol. The average molecular weight is 297 g/mol. The summed E-state index contributed by atoms with van der Waals surface area (Å²) in [6.45, 7) is 4.37. The summed E-state index contributed by atoms with van der Waals surface area (Å²) in [5, 5.41) is 12.7. The molecule has 1 saturated carbocycles. The standard InChI is InChI=1S/C17H25F2NO/c1-11-7-17(19)15(8-16(11)18)12(2)20-9-13-5-3-4-6-14(13)10-21/h7-8,12-14,20-21H,3-6,9-10H2,1-2H3. The highest BCUT2D eigenvalue weighted by molar-refractivity contribution is 5.27. The molecule has 0 aliphatic heterocycles. The smallest absolute Gasteiger partial charge is 0.128 e. The summed E-state index contributed by atoms with van der Waals surface area (Å²) in [6.07, 6.45) is 4.51. The fourth-order valence-electron chi connectivity index (χ4n) is 3.23. The topological polar surface area (TPSA) is 32.3 Å². The molecule has 3 atom stereocenters. The number of halogens is 2. The fraction of sp³-hybridized carbons (Fsp3) is 0.647. The van der Waals surface area contributed by atoms with E-state index >= 15 is 0 Å². The Morgan fingerprint density at radius 3 is 2.52 bits per heavy atom. The van der Waals surface area contributed by atoms with Crippen molar-refractivity contribution in [2.24, 2.45) is 11.8 Å². The third-order valence-electron chi connectivity index (χ3n) is 4.73. The van der Waals surface area contributed by atoms with Crippen LogP contribution in [0.4, 0.5) is 8.78 Å². The van der Waals surface area contributed by atoms with E-state index < -0.39 is 0 Å². The molecular formula is C17H25F2NO. The van der Waals surface area contributed by atoms with E-state index in [-0.39, 0.29) is 24.3 Å². The Morgan fingerprint density at radius 2 is 1.86 bits per heavy atom. The number of hydrogen-bond donors (Lipinski definition) is 2. The van der Waals surface area contributed by atoms with Crippen molar-refractivity contribution >= 4 is 0 Å². The van der Waals surface area contributed by atoms with Gasteiger partial charge in [0.1, 0.15) is 11.6 Å². The van der Waals surface area contributed by atoms with Gasteiger partial charge >= 0.3 is 0 Å². The van der Waals surface area contributed by atoms with Crippen LogP contribution in [0.2, 0.25) is 0 Å². The molecule has 0 aromatic heterocycles. The molecule has 1 fully saturated rings. The van der Waals surface area contributed by atoms with Gasteiger partial charge in [0, 0.05) is 18.2 Å². The van der Waals surface area contributed by atoms with Crippen molar-refractivity contribution in [2.45, 2.75) is 45.6 Å². The van der Waals surface area contributed by atoms with E-state index in [0.717, 1.165) is 19.4 Å². The van der Waals surface area contributed by atoms with Gasteiger partial charge in [0.05, 0.1) is 0 Å². The Morgan fingerprint density at radius 1 is 1.19 bits per heavy atom. The summed E-state index contributed by atoms with van der Waals surface area (Å²) in [6, 6.07) is 2.30. The molecule has 3 unspecified atom stereocenters. The Hall–Kier alpha value is -1.00. The van der Waals surface area contributed by atoms with Gasteiger partial charge in [0.25, 0.3) is 0 Å². The molecule has 2 nitrogen and oxygen atoms in total. The van der Waals surface area contributed by atoms with E-state index in [9.17, 15) is 13.9 Å². The number of rotatable bonds is 5. The Labute approximate surface area is 125 Å².